The second kappa shape index (κ2) is 6.66. The minimum Gasteiger partial charge on any atom is -0.458 e. The standard InChI is InChI=1S/C23H34O5/c1-14(24)28-13-20(26)23(27)11-8-19-17-5-4-15-12-16(25)6-9-21(15,2)18(17)7-10-22(19,23)3/h4,16-19,25,27H,5-13H2,1-3H3/t16-,17-,18+,19-,21-,22-,23-/m0/s1. The Morgan fingerprint density at radius 2 is 1.86 bits per heavy atom. The number of carbonyl (C=O) groups is 2. The molecule has 0 aromatic rings. The molecule has 3 fully saturated rings. The molecule has 4 aliphatic rings. The molecule has 4 rings (SSSR count). The molecule has 0 bridgehead atoms. The molecule has 0 spiro atoms. The van der Waals surface area contributed by atoms with Crippen molar-refractivity contribution in [2.75, 3.05) is 6.61 Å². The highest BCUT2D eigenvalue weighted by molar-refractivity contribution is 5.90. The van der Waals surface area contributed by atoms with Crippen molar-refractivity contribution >= 4 is 11.8 Å². The van der Waals surface area contributed by atoms with E-state index in [0.717, 1.165) is 44.9 Å². The first-order valence-electron chi connectivity index (χ1n) is 10.9. The maximum Gasteiger partial charge on any atom is 0.303 e. The van der Waals surface area contributed by atoms with Gasteiger partial charge in [0.1, 0.15) is 5.60 Å². The van der Waals surface area contributed by atoms with E-state index >= 15 is 0 Å². The quantitative estimate of drug-likeness (QED) is 0.571. The van der Waals surface area contributed by atoms with Crippen molar-refractivity contribution in [1.29, 1.82) is 0 Å². The first-order chi connectivity index (χ1) is 13.1. The van der Waals surface area contributed by atoms with E-state index in [1.54, 1.807) is 0 Å². The third-order valence-corrected chi connectivity index (χ3v) is 9.10. The maximum atomic E-state index is 12.9. The zero-order valence-electron chi connectivity index (χ0n) is 17.4. The van der Waals surface area contributed by atoms with E-state index in [-0.39, 0.29) is 23.9 Å². The predicted octanol–water partition coefficient (Wildman–Crippen LogP) is 3.17. The van der Waals surface area contributed by atoms with Gasteiger partial charge in [-0.3, -0.25) is 9.59 Å². The van der Waals surface area contributed by atoms with Gasteiger partial charge in [0, 0.05) is 12.3 Å². The van der Waals surface area contributed by atoms with Crippen LogP contribution >= 0.6 is 0 Å². The normalized spacial score (nSPS) is 47.4. The van der Waals surface area contributed by atoms with E-state index < -0.39 is 17.0 Å². The Labute approximate surface area is 167 Å². The summed E-state index contributed by atoms with van der Waals surface area (Å²) in [5.74, 6) is 0.504. The summed E-state index contributed by atoms with van der Waals surface area (Å²) in [6.07, 6.45) is 8.96. The highest BCUT2D eigenvalue weighted by Gasteiger charge is 2.66. The Morgan fingerprint density at radius 1 is 1.14 bits per heavy atom. The van der Waals surface area contributed by atoms with Gasteiger partial charge in [-0.2, -0.15) is 0 Å². The highest BCUT2D eigenvalue weighted by Crippen LogP contribution is 2.67. The molecule has 0 amide bonds. The molecular weight excluding hydrogens is 356 g/mol. The average Bonchev–Trinajstić information content (AvgIpc) is 2.92. The second-order valence-corrected chi connectivity index (χ2v) is 10.2. The fraction of sp³-hybridized carbons (Fsp3) is 0.826. The van der Waals surface area contributed by atoms with Crippen LogP contribution in [-0.2, 0) is 14.3 Å². The Hall–Kier alpha value is -1.20. The molecule has 3 saturated carbocycles. The average molecular weight is 391 g/mol. The Kier molecular flexibility index (Phi) is 4.78. The molecule has 0 heterocycles. The lowest BCUT2D eigenvalue weighted by atomic mass is 9.46. The van der Waals surface area contributed by atoms with Gasteiger partial charge >= 0.3 is 5.97 Å². The number of esters is 1. The van der Waals surface area contributed by atoms with Crippen LogP contribution in [0.5, 0.6) is 0 Å². The summed E-state index contributed by atoms with van der Waals surface area (Å²) in [5, 5.41) is 21.6. The zero-order chi connectivity index (χ0) is 20.3. The fourth-order valence-electron chi connectivity index (χ4n) is 7.40. The number of Topliss-reactive ketones (excluding diaryl/α,β-unsaturated/α-hetero) is 1. The molecule has 0 radical (unpaired) electrons. The molecule has 0 unspecified atom stereocenters. The minimum absolute atomic E-state index is 0.145. The van der Waals surface area contributed by atoms with E-state index in [2.05, 4.69) is 19.9 Å². The molecule has 5 heteroatoms. The number of aliphatic hydroxyl groups is 2. The van der Waals surface area contributed by atoms with Gasteiger partial charge in [0.15, 0.2) is 6.61 Å². The topological polar surface area (TPSA) is 83.8 Å². The summed E-state index contributed by atoms with van der Waals surface area (Å²) in [4.78, 5) is 24.0. The molecule has 7 atom stereocenters. The first-order valence-corrected chi connectivity index (χ1v) is 10.9. The van der Waals surface area contributed by atoms with Crippen LogP contribution in [0.1, 0.15) is 72.1 Å². The Morgan fingerprint density at radius 3 is 2.57 bits per heavy atom. The number of allylic oxidation sites excluding steroid dienone is 1. The minimum atomic E-state index is -1.40. The van der Waals surface area contributed by atoms with Crippen molar-refractivity contribution < 1.29 is 24.5 Å². The summed E-state index contributed by atoms with van der Waals surface area (Å²) in [6.45, 7) is 5.41. The van der Waals surface area contributed by atoms with Crippen LogP contribution in [-0.4, -0.2) is 40.3 Å². The van der Waals surface area contributed by atoms with E-state index in [9.17, 15) is 19.8 Å². The highest BCUT2D eigenvalue weighted by atomic mass is 16.5. The van der Waals surface area contributed by atoms with E-state index in [1.165, 1.54) is 12.5 Å². The van der Waals surface area contributed by atoms with Crippen molar-refractivity contribution in [3.8, 4) is 0 Å². The van der Waals surface area contributed by atoms with Crippen LogP contribution in [0.15, 0.2) is 11.6 Å². The number of hydrogen-bond acceptors (Lipinski definition) is 5. The third-order valence-electron chi connectivity index (χ3n) is 9.10. The van der Waals surface area contributed by atoms with Crippen LogP contribution < -0.4 is 0 Å². The number of ether oxygens (including phenoxy) is 1. The van der Waals surface area contributed by atoms with Crippen LogP contribution in [0, 0.1) is 28.6 Å². The molecule has 4 aliphatic carbocycles. The lowest BCUT2D eigenvalue weighted by Crippen LogP contribution is -2.58. The van der Waals surface area contributed by atoms with Gasteiger partial charge in [0.05, 0.1) is 6.10 Å². The van der Waals surface area contributed by atoms with Crippen molar-refractivity contribution in [2.45, 2.75) is 83.8 Å². The van der Waals surface area contributed by atoms with Gasteiger partial charge in [-0.25, -0.2) is 0 Å². The molecule has 0 aliphatic heterocycles. The number of fused-ring (bicyclic) bond motifs is 5. The van der Waals surface area contributed by atoms with Crippen molar-refractivity contribution in [3.63, 3.8) is 0 Å². The lowest BCUT2D eigenvalue weighted by Gasteiger charge is -2.58. The zero-order valence-corrected chi connectivity index (χ0v) is 17.4. The van der Waals surface area contributed by atoms with Crippen LogP contribution in [0.25, 0.3) is 0 Å². The molecule has 28 heavy (non-hydrogen) atoms. The summed E-state index contributed by atoms with van der Waals surface area (Å²) in [6, 6.07) is 0. The van der Waals surface area contributed by atoms with Gasteiger partial charge in [0.2, 0.25) is 5.78 Å². The summed E-state index contributed by atoms with van der Waals surface area (Å²) < 4.78 is 4.93. The van der Waals surface area contributed by atoms with Crippen molar-refractivity contribution in [3.05, 3.63) is 11.6 Å². The van der Waals surface area contributed by atoms with Gasteiger partial charge in [-0.05, 0) is 74.5 Å². The van der Waals surface area contributed by atoms with E-state index in [4.69, 9.17) is 4.74 Å². The summed E-state index contributed by atoms with van der Waals surface area (Å²) >= 11 is 0. The second-order valence-electron chi connectivity index (χ2n) is 10.2. The van der Waals surface area contributed by atoms with Gasteiger partial charge in [0.25, 0.3) is 0 Å². The van der Waals surface area contributed by atoms with Crippen molar-refractivity contribution in [2.24, 2.45) is 28.6 Å². The SMILES string of the molecule is CC(=O)OCC(=O)[C@@]1(O)CC[C@H]2[C@H]3CC=C4C[C@@H](O)CC[C@]4(C)[C@@H]3CC[C@@]21C. The van der Waals surface area contributed by atoms with Gasteiger partial charge < -0.3 is 14.9 Å². The Bertz CT molecular complexity index is 714. The summed E-state index contributed by atoms with van der Waals surface area (Å²) in [5.41, 5.74) is -0.283. The molecular formula is C23H34O5. The molecule has 0 aromatic carbocycles. The van der Waals surface area contributed by atoms with Crippen LogP contribution in [0.4, 0.5) is 0 Å². The first kappa shape index (κ1) is 20.1. The third kappa shape index (κ3) is 2.72. The number of rotatable bonds is 3. The molecule has 0 saturated heterocycles. The molecule has 0 aromatic heterocycles. The monoisotopic (exact) mass is 390 g/mol. The number of aliphatic hydroxyl groups excluding tert-OH is 1. The van der Waals surface area contributed by atoms with Crippen LogP contribution in [0.2, 0.25) is 0 Å². The van der Waals surface area contributed by atoms with Crippen molar-refractivity contribution in [1.82, 2.24) is 0 Å². The lowest BCUT2D eigenvalue weighted by molar-refractivity contribution is -0.168. The van der Waals surface area contributed by atoms with Gasteiger partial charge in [-0.1, -0.05) is 25.5 Å². The van der Waals surface area contributed by atoms with Crippen LogP contribution in [0.3, 0.4) is 0 Å². The number of hydrogen-bond donors (Lipinski definition) is 2. The predicted molar refractivity (Wildman–Crippen MR) is 104 cm³/mol. The Balaban J connectivity index is 1.60. The van der Waals surface area contributed by atoms with E-state index in [0.29, 0.717) is 24.2 Å². The molecule has 5 nitrogen and oxygen atoms in total. The number of ketones is 1. The van der Waals surface area contributed by atoms with Gasteiger partial charge in [-0.15, -0.1) is 0 Å². The fourth-order valence-corrected chi connectivity index (χ4v) is 7.40. The van der Waals surface area contributed by atoms with E-state index in [1.807, 2.05) is 0 Å². The maximum absolute atomic E-state index is 12.9. The molecule has 156 valence electrons. The smallest absolute Gasteiger partial charge is 0.303 e. The summed E-state index contributed by atoms with van der Waals surface area (Å²) in [7, 11) is 0. The largest absolute Gasteiger partial charge is 0.458 e. The molecule has 2 N–H and O–H groups in total. The number of carbonyl (C=O) groups excluding carboxylic acids is 2.